The van der Waals surface area contributed by atoms with E-state index in [2.05, 4.69) is 15.3 Å². The summed E-state index contributed by atoms with van der Waals surface area (Å²) in [5, 5.41) is 3.43. The number of nitrogens with zero attached hydrogens (tertiary/aromatic N) is 1. The van der Waals surface area contributed by atoms with Gasteiger partial charge in [-0.2, -0.15) is 0 Å². The average Bonchev–Trinajstić information content (AvgIpc) is 2.27. The molecular formula is C13H19N3O. The Bertz CT molecular complexity index is 444. The van der Waals surface area contributed by atoms with Gasteiger partial charge < -0.3 is 10.3 Å². The Morgan fingerprint density at radius 1 is 1.18 bits per heavy atom. The molecule has 4 heteroatoms. The maximum absolute atomic E-state index is 11.7. The molecule has 1 atom stereocenters. The molecule has 2 fully saturated rings. The molecule has 0 bridgehead atoms. The molecule has 4 nitrogen and oxygen atoms in total. The van der Waals surface area contributed by atoms with Crippen LogP contribution in [0.1, 0.15) is 62.0 Å². The van der Waals surface area contributed by atoms with Crippen molar-refractivity contribution >= 4 is 0 Å². The number of rotatable bonds is 2. The molecule has 17 heavy (non-hydrogen) atoms. The van der Waals surface area contributed by atoms with Gasteiger partial charge >= 0.3 is 0 Å². The second-order valence-electron chi connectivity index (χ2n) is 5.19. The Balaban J connectivity index is 1.87. The van der Waals surface area contributed by atoms with Crippen LogP contribution in [0.15, 0.2) is 10.9 Å². The summed E-state index contributed by atoms with van der Waals surface area (Å²) in [5.41, 5.74) is 1.01. The van der Waals surface area contributed by atoms with Crippen molar-refractivity contribution in [2.75, 3.05) is 6.54 Å². The van der Waals surface area contributed by atoms with E-state index in [1.54, 1.807) is 6.07 Å². The fourth-order valence-corrected chi connectivity index (χ4v) is 2.66. The monoisotopic (exact) mass is 233 g/mol. The first-order chi connectivity index (χ1) is 8.33. The first-order valence-corrected chi connectivity index (χ1v) is 6.67. The second-order valence-corrected chi connectivity index (χ2v) is 5.19. The highest BCUT2D eigenvalue weighted by molar-refractivity contribution is 5.13. The van der Waals surface area contributed by atoms with Crippen molar-refractivity contribution in [3.05, 3.63) is 27.9 Å². The lowest BCUT2D eigenvalue weighted by molar-refractivity contribution is 0.383. The summed E-state index contributed by atoms with van der Waals surface area (Å²) in [4.78, 5) is 19.2. The summed E-state index contributed by atoms with van der Waals surface area (Å²) in [5.74, 6) is 1.37. The van der Waals surface area contributed by atoms with E-state index in [0.29, 0.717) is 5.92 Å². The molecule has 1 aromatic heterocycles. The summed E-state index contributed by atoms with van der Waals surface area (Å²) in [6, 6.07) is 1.92. The zero-order chi connectivity index (χ0) is 11.7. The molecular weight excluding hydrogens is 214 g/mol. The van der Waals surface area contributed by atoms with Gasteiger partial charge in [0.2, 0.25) is 0 Å². The van der Waals surface area contributed by atoms with Gasteiger partial charge in [0.15, 0.2) is 0 Å². The van der Waals surface area contributed by atoms with Crippen molar-refractivity contribution in [3.63, 3.8) is 0 Å². The number of piperidine rings is 1. The van der Waals surface area contributed by atoms with E-state index < -0.39 is 0 Å². The van der Waals surface area contributed by atoms with Crippen molar-refractivity contribution in [1.29, 1.82) is 0 Å². The van der Waals surface area contributed by atoms with Crippen LogP contribution in [0.4, 0.5) is 0 Å². The van der Waals surface area contributed by atoms with Crippen LogP contribution in [0.3, 0.4) is 0 Å². The van der Waals surface area contributed by atoms with E-state index in [-0.39, 0.29) is 11.6 Å². The molecule has 3 rings (SSSR count). The molecule has 0 spiro atoms. The van der Waals surface area contributed by atoms with E-state index in [1.807, 2.05) is 0 Å². The van der Waals surface area contributed by atoms with Crippen LogP contribution in [-0.4, -0.2) is 16.5 Å². The maximum Gasteiger partial charge on any atom is 0.251 e. The standard InChI is InChI=1S/C13H19N3O/c17-12-8-11(9-4-3-5-9)15-13(16-12)10-6-1-2-7-14-10/h8-10,14H,1-7H2,(H,15,16,17). The molecule has 1 aliphatic carbocycles. The van der Waals surface area contributed by atoms with Crippen molar-refractivity contribution in [2.45, 2.75) is 50.5 Å². The van der Waals surface area contributed by atoms with E-state index in [4.69, 9.17) is 0 Å². The summed E-state index contributed by atoms with van der Waals surface area (Å²) in [6.07, 6.45) is 7.17. The number of nitrogens with one attached hydrogen (secondary N) is 2. The fourth-order valence-electron chi connectivity index (χ4n) is 2.66. The molecule has 1 saturated heterocycles. The van der Waals surface area contributed by atoms with Crippen LogP contribution >= 0.6 is 0 Å². The number of hydrogen-bond acceptors (Lipinski definition) is 3. The minimum Gasteiger partial charge on any atom is -0.309 e. The Morgan fingerprint density at radius 2 is 2.06 bits per heavy atom. The van der Waals surface area contributed by atoms with Crippen LogP contribution in [0, 0.1) is 0 Å². The van der Waals surface area contributed by atoms with Crippen LogP contribution in [0.25, 0.3) is 0 Å². The lowest BCUT2D eigenvalue weighted by Crippen LogP contribution is -2.30. The van der Waals surface area contributed by atoms with E-state index in [0.717, 1.165) is 24.5 Å². The SMILES string of the molecule is O=c1cc(C2CCC2)nc(C2CCCCN2)[nH]1. The lowest BCUT2D eigenvalue weighted by Gasteiger charge is -2.27. The minimum atomic E-state index is 0.00396. The third kappa shape index (κ3) is 2.27. The number of H-pyrrole nitrogens is 1. The van der Waals surface area contributed by atoms with Crippen molar-refractivity contribution in [1.82, 2.24) is 15.3 Å². The normalized spacial score (nSPS) is 25.5. The van der Waals surface area contributed by atoms with Crippen molar-refractivity contribution in [3.8, 4) is 0 Å². The number of aromatic amines is 1. The zero-order valence-corrected chi connectivity index (χ0v) is 10.0. The molecule has 1 aliphatic heterocycles. The third-order valence-electron chi connectivity index (χ3n) is 3.94. The molecule has 1 aromatic rings. The van der Waals surface area contributed by atoms with Crippen LogP contribution in [0.5, 0.6) is 0 Å². The van der Waals surface area contributed by atoms with Crippen molar-refractivity contribution in [2.24, 2.45) is 0 Å². The third-order valence-corrected chi connectivity index (χ3v) is 3.94. The quantitative estimate of drug-likeness (QED) is 0.819. The largest absolute Gasteiger partial charge is 0.309 e. The Labute approximate surface area is 101 Å². The molecule has 1 saturated carbocycles. The Morgan fingerprint density at radius 3 is 2.71 bits per heavy atom. The molecule has 2 N–H and O–H groups in total. The zero-order valence-electron chi connectivity index (χ0n) is 10.0. The highest BCUT2D eigenvalue weighted by Gasteiger charge is 2.24. The smallest absolute Gasteiger partial charge is 0.251 e. The highest BCUT2D eigenvalue weighted by atomic mass is 16.1. The van der Waals surface area contributed by atoms with Crippen LogP contribution < -0.4 is 10.9 Å². The second kappa shape index (κ2) is 4.61. The van der Waals surface area contributed by atoms with E-state index >= 15 is 0 Å². The predicted molar refractivity (Wildman–Crippen MR) is 66.0 cm³/mol. The van der Waals surface area contributed by atoms with E-state index in [9.17, 15) is 4.79 Å². The van der Waals surface area contributed by atoms with Crippen LogP contribution in [-0.2, 0) is 0 Å². The number of aromatic nitrogens is 2. The van der Waals surface area contributed by atoms with Gasteiger partial charge in [0.05, 0.1) is 11.7 Å². The van der Waals surface area contributed by atoms with Crippen LogP contribution in [0.2, 0.25) is 0 Å². The van der Waals surface area contributed by atoms with Gasteiger partial charge in [0.25, 0.3) is 5.56 Å². The highest BCUT2D eigenvalue weighted by Crippen LogP contribution is 2.35. The average molecular weight is 233 g/mol. The summed E-state index contributed by atoms with van der Waals surface area (Å²) < 4.78 is 0. The lowest BCUT2D eigenvalue weighted by atomic mass is 9.83. The minimum absolute atomic E-state index is 0.00396. The molecule has 2 heterocycles. The van der Waals surface area contributed by atoms with Gasteiger partial charge in [-0.15, -0.1) is 0 Å². The van der Waals surface area contributed by atoms with E-state index in [1.165, 1.54) is 32.1 Å². The molecule has 2 aliphatic rings. The van der Waals surface area contributed by atoms with Crippen molar-refractivity contribution < 1.29 is 0 Å². The maximum atomic E-state index is 11.7. The van der Waals surface area contributed by atoms with Gasteiger partial charge in [-0.05, 0) is 32.2 Å². The van der Waals surface area contributed by atoms with Gasteiger partial charge in [-0.3, -0.25) is 4.79 Å². The summed E-state index contributed by atoms with van der Waals surface area (Å²) >= 11 is 0. The van der Waals surface area contributed by atoms with Gasteiger partial charge in [-0.1, -0.05) is 12.8 Å². The molecule has 1 unspecified atom stereocenters. The number of hydrogen-bond donors (Lipinski definition) is 2. The molecule has 0 radical (unpaired) electrons. The Kier molecular flexibility index (Phi) is 2.97. The van der Waals surface area contributed by atoms with Gasteiger partial charge in [0.1, 0.15) is 5.82 Å². The molecule has 0 aromatic carbocycles. The topological polar surface area (TPSA) is 57.8 Å². The summed E-state index contributed by atoms with van der Waals surface area (Å²) in [6.45, 7) is 1.03. The molecule has 0 amide bonds. The first-order valence-electron chi connectivity index (χ1n) is 6.67. The fraction of sp³-hybridized carbons (Fsp3) is 0.692. The van der Waals surface area contributed by atoms with Gasteiger partial charge in [-0.25, -0.2) is 4.98 Å². The Hall–Kier alpha value is -1.16. The predicted octanol–water partition coefficient (Wildman–Crippen LogP) is 1.85. The summed E-state index contributed by atoms with van der Waals surface area (Å²) in [7, 11) is 0. The molecule has 92 valence electrons. The first kappa shape index (κ1) is 11.0. The van der Waals surface area contributed by atoms with Gasteiger partial charge in [0, 0.05) is 12.0 Å².